The Bertz CT molecular complexity index is 394. The molecule has 2 amide bonds. The lowest BCUT2D eigenvalue weighted by atomic mass is 9.98. The second-order valence-electron chi connectivity index (χ2n) is 5.61. The number of alkyl carbamates (subject to hydrolysis) is 1. The normalized spacial score (nSPS) is 20.0. The highest BCUT2D eigenvalue weighted by Crippen LogP contribution is 2.17. The summed E-state index contributed by atoms with van der Waals surface area (Å²) in [6.07, 6.45) is -0.0414. The molecule has 2 atom stereocenters. The fourth-order valence-corrected chi connectivity index (χ4v) is 1.98. The first kappa shape index (κ1) is 16.6. The van der Waals surface area contributed by atoms with Gasteiger partial charge in [0.2, 0.25) is 5.91 Å². The van der Waals surface area contributed by atoms with Crippen molar-refractivity contribution in [2.45, 2.75) is 45.3 Å². The number of halogens is 1. The van der Waals surface area contributed by atoms with Crippen molar-refractivity contribution in [2.24, 2.45) is 5.92 Å². The van der Waals surface area contributed by atoms with Crippen LogP contribution in [0.15, 0.2) is 0 Å². The molecule has 1 unspecified atom stereocenters. The van der Waals surface area contributed by atoms with Gasteiger partial charge in [0.25, 0.3) is 0 Å². The molecule has 0 aliphatic carbocycles. The van der Waals surface area contributed by atoms with E-state index in [-0.39, 0.29) is 18.2 Å². The summed E-state index contributed by atoms with van der Waals surface area (Å²) >= 11 is 5.04. The minimum atomic E-state index is -1.02. The molecule has 1 rings (SSSR count). The Hall–Kier alpha value is -1.50. The lowest BCUT2D eigenvalue weighted by Gasteiger charge is -2.23. The monoisotopic (exact) mass is 306 g/mol. The zero-order valence-corrected chi connectivity index (χ0v) is 12.5. The number of amides is 2. The molecule has 20 heavy (non-hydrogen) atoms. The fourth-order valence-electron chi connectivity index (χ4n) is 1.87. The standard InChI is InChI=1S/C12H19ClN2O5/c1-12(2,3)19-11(18)15-8(10(17)20-13)6-7-4-5-14-9(7)16/h7-8H,4-6H2,1-3H3,(H,14,16)(H,15,18)/t7-,8?/m0/s1. The molecule has 0 aromatic heterocycles. The first-order valence-corrected chi connectivity index (χ1v) is 6.63. The molecule has 0 saturated carbocycles. The molecule has 0 spiro atoms. The average Bonchev–Trinajstić information content (AvgIpc) is 2.70. The molecular weight excluding hydrogens is 288 g/mol. The van der Waals surface area contributed by atoms with E-state index in [9.17, 15) is 14.4 Å². The predicted molar refractivity (Wildman–Crippen MR) is 70.8 cm³/mol. The number of carbonyl (C=O) groups excluding carboxylic acids is 3. The Morgan fingerprint density at radius 2 is 2.15 bits per heavy atom. The number of rotatable bonds is 4. The van der Waals surface area contributed by atoms with Gasteiger partial charge in [-0.25, -0.2) is 9.59 Å². The van der Waals surface area contributed by atoms with Crippen molar-refractivity contribution in [3.05, 3.63) is 0 Å². The molecule has 1 aliphatic rings. The molecule has 0 aromatic rings. The van der Waals surface area contributed by atoms with Crippen LogP contribution in [0.2, 0.25) is 0 Å². The van der Waals surface area contributed by atoms with Gasteiger partial charge < -0.3 is 19.7 Å². The van der Waals surface area contributed by atoms with E-state index >= 15 is 0 Å². The van der Waals surface area contributed by atoms with Crippen molar-refractivity contribution in [3.63, 3.8) is 0 Å². The third kappa shape index (κ3) is 5.24. The summed E-state index contributed by atoms with van der Waals surface area (Å²) in [4.78, 5) is 34.7. The van der Waals surface area contributed by atoms with E-state index < -0.39 is 23.7 Å². The fraction of sp³-hybridized carbons (Fsp3) is 0.750. The largest absolute Gasteiger partial charge is 0.444 e. The van der Waals surface area contributed by atoms with Gasteiger partial charge in [0.15, 0.2) is 0 Å². The molecule has 114 valence electrons. The van der Waals surface area contributed by atoms with Crippen LogP contribution >= 0.6 is 11.9 Å². The number of hydrogen-bond acceptors (Lipinski definition) is 5. The van der Waals surface area contributed by atoms with Gasteiger partial charge >= 0.3 is 12.1 Å². The quantitative estimate of drug-likeness (QED) is 0.811. The van der Waals surface area contributed by atoms with Gasteiger partial charge in [0.1, 0.15) is 23.5 Å². The Kier molecular flexibility index (Phi) is 5.62. The van der Waals surface area contributed by atoms with E-state index in [0.717, 1.165) is 0 Å². The minimum Gasteiger partial charge on any atom is -0.444 e. The third-order valence-corrected chi connectivity index (χ3v) is 2.89. The molecule has 1 heterocycles. The lowest BCUT2D eigenvalue weighted by Crippen LogP contribution is -2.45. The molecule has 2 N–H and O–H groups in total. The number of carbonyl (C=O) groups is 3. The molecular formula is C12H19ClN2O5. The summed E-state index contributed by atoms with van der Waals surface area (Å²) in [6.45, 7) is 5.65. The number of nitrogens with one attached hydrogen (secondary N) is 2. The van der Waals surface area contributed by atoms with Gasteiger partial charge in [-0.1, -0.05) is 0 Å². The maximum Gasteiger partial charge on any atom is 0.408 e. The van der Waals surface area contributed by atoms with Gasteiger partial charge in [0, 0.05) is 12.5 Å². The van der Waals surface area contributed by atoms with Crippen LogP contribution in [0, 0.1) is 5.92 Å². The van der Waals surface area contributed by atoms with Gasteiger partial charge in [0.05, 0.1) is 0 Å². The Morgan fingerprint density at radius 3 is 2.60 bits per heavy atom. The highest BCUT2D eigenvalue weighted by atomic mass is 35.5. The Balaban J connectivity index is 2.62. The zero-order valence-electron chi connectivity index (χ0n) is 11.7. The maximum atomic E-state index is 11.7. The average molecular weight is 307 g/mol. The molecule has 0 aromatic carbocycles. The summed E-state index contributed by atoms with van der Waals surface area (Å²) in [5, 5.41) is 5.03. The highest BCUT2D eigenvalue weighted by molar-refractivity contribution is 6.14. The molecule has 1 saturated heterocycles. The van der Waals surface area contributed by atoms with E-state index in [0.29, 0.717) is 13.0 Å². The van der Waals surface area contributed by atoms with Crippen molar-refractivity contribution < 1.29 is 23.4 Å². The maximum absolute atomic E-state index is 11.7. The van der Waals surface area contributed by atoms with Crippen LogP contribution in [0.1, 0.15) is 33.6 Å². The SMILES string of the molecule is CC(C)(C)OC(=O)NC(C[C@@H]1CCNC1=O)C(=O)OCl. The lowest BCUT2D eigenvalue weighted by molar-refractivity contribution is -0.137. The van der Waals surface area contributed by atoms with Gasteiger partial charge in [-0.15, -0.1) is 0 Å². The van der Waals surface area contributed by atoms with Crippen molar-refractivity contribution in [1.82, 2.24) is 10.6 Å². The van der Waals surface area contributed by atoms with E-state index in [1.165, 1.54) is 0 Å². The predicted octanol–water partition coefficient (Wildman–Crippen LogP) is 1.10. The van der Waals surface area contributed by atoms with Gasteiger partial charge in [-0.3, -0.25) is 4.79 Å². The number of hydrogen-bond donors (Lipinski definition) is 2. The topological polar surface area (TPSA) is 93.7 Å². The molecule has 1 aliphatic heterocycles. The van der Waals surface area contributed by atoms with E-state index in [4.69, 9.17) is 16.6 Å². The van der Waals surface area contributed by atoms with Crippen LogP contribution in [0.25, 0.3) is 0 Å². The molecule has 0 radical (unpaired) electrons. The van der Waals surface area contributed by atoms with E-state index in [1.54, 1.807) is 20.8 Å². The second-order valence-corrected chi connectivity index (χ2v) is 5.76. The number of ether oxygens (including phenoxy) is 1. The first-order chi connectivity index (χ1) is 9.23. The summed E-state index contributed by atoms with van der Waals surface area (Å²) in [7, 11) is 0. The highest BCUT2D eigenvalue weighted by Gasteiger charge is 2.33. The Labute approximate surface area is 122 Å². The molecule has 7 nitrogen and oxygen atoms in total. The van der Waals surface area contributed by atoms with Gasteiger partial charge in [-0.05, 0) is 33.6 Å². The van der Waals surface area contributed by atoms with Crippen molar-refractivity contribution in [1.29, 1.82) is 0 Å². The van der Waals surface area contributed by atoms with Crippen LogP contribution in [0.4, 0.5) is 4.79 Å². The first-order valence-electron chi connectivity index (χ1n) is 6.32. The smallest absolute Gasteiger partial charge is 0.408 e. The summed E-state index contributed by atoms with van der Waals surface area (Å²) in [6, 6.07) is -1.02. The van der Waals surface area contributed by atoms with Crippen molar-refractivity contribution in [3.8, 4) is 0 Å². The van der Waals surface area contributed by atoms with Crippen LogP contribution in [0.5, 0.6) is 0 Å². The molecule has 8 heteroatoms. The van der Waals surface area contributed by atoms with Crippen LogP contribution in [0.3, 0.4) is 0 Å². The van der Waals surface area contributed by atoms with Crippen molar-refractivity contribution in [2.75, 3.05) is 6.54 Å². The summed E-state index contributed by atoms with van der Waals surface area (Å²) < 4.78 is 9.17. The van der Waals surface area contributed by atoms with Crippen LogP contribution < -0.4 is 10.6 Å². The molecule has 0 bridgehead atoms. The minimum absolute atomic E-state index is 0.122. The molecule has 1 fully saturated rings. The van der Waals surface area contributed by atoms with Crippen LogP contribution in [-0.2, 0) is 18.6 Å². The third-order valence-electron chi connectivity index (χ3n) is 2.73. The van der Waals surface area contributed by atoms with Crippen molar-refractivity contribution >= 4 is 29.8 Å². The summed E-state index contributed by atoms with van der Waals surface area (Å²) in [5.74, 6) is -1.33. The zero-order chi connectivity index (χ0) is 15.3. The van der Waals surface area contributed by atoms with E-state index in [1.807, 2.05) is 0 Å². The van der Waals surface area contributed by atoms with Crippen LogP contribution in [-0.4, -0.2) is 36.2 Å². The summed E-state index contributed by atoms with van der Waals surface area (Å²) in [5.41, 5.74) is -0.690. The van der Waals surface area contributed by atoms with E-state index in [2.05, 4.69) is 14.9 Å². The second kappa shape index (κ2) is 6.78. The van der Waals surface area contributed by atoms with Gasteiger partial charge in [-0.2, -0.15) is 0 Å². The Morgan fingerprint density at radius 1 is 1.50 bits per heavy atom.